The second-order valence-electron chi connectivity index (χ2n) is 3.48. The van der Waals surface area contributed by atoms with E-state index in [4.69, 9.17) is 11.6 Å². The predicted octanol–water partition coefficient (Wildman–Crippen LogP) is 4.51. The van der Waals surface area contributed by atoms with Crippen molar-refractivity contribution in [3.63, 3.8) is 0 Å². The van der Waals surface area contributed by atoms with Gasteiger partial charge in [0.25, 0.3) is 0 Å². The van der Waals surface area contributed by atoms with Gasteiger partial charge in [-0.2, -0.15) is 0 Å². The van der Waals surface area contributed by atoms with Crippen molar-refractivity contribution in [2.45, 2.75) is 26.1 Å². The van der Waals surface area contributed by atoms with Gasteiger partial charge in [0.15, 0.2) is 0 Å². The smallest absolute Gasteiger partial charge is 0.0488 e. The SMILES string of the molecule is CCc1c(C)cc(CCl)c2sccc12. The molecule has 0 unspecified atom stereocenters. The molecule has 2 heteroatoms. The van der Waals surface area contributed by atoms with Gasteiger partial charge in [0.05, 0.1) is 0 Å². The molecule has 1 aromatic carbocycles. The highest BCUT2D eigenvalue weighted by molar-refractivity contribution is 7.17. The van der Waals surface area contributed by atoms with E-state index in [1.807, 2.05) is 0 Å². The van der Waals surface area contributed by atoms with Gasteiger partial charge in [-0.15, -0.1) is 22.9 Å². The highest BCUT2D eigenvalue weighted by Crippen LogP contribution is 2.31. The Balaban J connectivity index is 2.81. The number of benzene rings is 1. The molecule has 0 saturated carbocycles. The van der Waals surface area contributed by atoms with E-state index < -0.39 is 0 Å². The second-order valence-corrected chi connectivity index (χ2v) is 4.67. The lowest BCUT2D eigenvalue weighted by Gasteiger charge is -2.08. The van der Waals surface area contributed by atoms with Crippen LogP contribution in [0.15, 0.2) is 17.5 Å². The molecule has 1 aromatic heterocycles. The number of fused-ring (bicyclic) bond motifs is 1. The third-order valence-electron chi connectivity index (χ3n) is 2.65. The molecule has 0 atom stereocenters. The Kier molecular flexibility index (Phi) is 2.80. The molecular formula is C12H13ClS. The first kappa shape index (κ1) is 10.0. The summed E-state index contributed by atoms with van der Waals surface area (Å²) in [5, 5.41) is 3.55. The van der Waals surface area contributed by atoms with Gasteiger partial charge >= 0.3 is 0 Å². The lowest BCUT2D eigenvalue weighted by molar-refractivity contribution is 1.13. The quantitative estimate of drug-likeness (QED) is 0.659. The van der Waals surface area contributed by atoms with Crippen molar-refractivity contribution in [1.29, 1.82) is 0 Å². The monoisotopic (exact) mass is 224 g/mol. The van der Waals surface area contributed by atoms with Crippen molar-refractivity contribution in [1.82, 2.24) is 0 Å². The summed E-state index contributed by atoms with van der Waals surface area (Å²) in [5.74, 6) is 0.613. The van der Waals surface area contributed by atoms with Crippen LogP contribution in [-0.2, 0) is 12.3 Å². The molecule has 0 amide bonds. The zero-order valence-corrected chi connectivity index (χ0v) is 10.0. The fourth-order valence-corrected chi connectivity index (χ4v) is 3.22. The van der Waals surface area contributed by atoms with Crippen molar-refractivity contribution in [2.75, 3.05) is 0 Å². The molecule has 0 aliphatic heterocycles. The second kappa shape index (κ2) is 3.92. The topological polar surface area (TPSA) is 0 Å². The Labute approximate surface area is 93.5 Å². The summed E-state index contributed by atoms with van der Waals surface area (Å²) in [5.41, 5.74) is 4.11. The number of hydrogen-bond donors (Lipinski definition) is 0. The van der Waals surface area contributed by atoms with E-state index in [-0.39, 0.29) is 0 Å². The van der Waals surface area contributed by atoms with E-state index >= 15 is 0 Å². The number of halogens is 1. The first-order valence-electron chi connectivity index (χ1n) is 4.82. The van der Waals surface area contributed by atoms with Crippen molar-refractivity contribution in [3.05, 3.63) is 34.2 Å². The van der Waals surface area contributed by atoms with Crippen LogP contribution in [0.3, 0.4) is 0 Å². The number of aryl methyl sites for hydroxylation is 2. The molecule has 0 bridgehead atoms. The molecule has 0 N–H and O–H groups in total. The molecule has 1 heterocycles. The van der Waals surface area contributed by atoms with Crippen LogP contribution >= 0.6 is 22.9 Å². The molecule has 0 aliphatic carbocycles. The maximum atomic E-state index is 5.94. The van der Waals surface area contributed by atoms with Crippen molar-refractivity contribution >= 4 is 33.0 Å². The average Bonchev–Trinajstić information content (AvgIpc) is 2.65. The summed E-state index contributed by atoms with van der Waals surface area (Å²) >= 11 is 7.73. The normalized spacial score (nSPS) is 11.1. The van der Waals surface area contributed by atoms with Gasteiger partial charge in [0.2, 0.25) is 0 Å². The van der Waals surface area contributed by atoms with E-state index in [0.29, 0.717) is 5.88 Å². The van der Waals surface area contributed by atoms with E-state index in [2.05, 4.69) is 31.4 Å². The summed E-state index contributed by atoms with van der Waals surface area (Å²) < 4.78 is 1.36. The van der Waals surface area contributed by atoms with Crippen LogP contribution in [-0.4, -0.2) is 0 Å². The standard InChI is InChI=1S/C12H13ClS/c1-3-10-8(2)6-9(7-13)12-11(10)4-5-14-12/h4-6H,3,7H2,1-2H3. The van der Waals surface area contributed by atoms with Gasteiger partial charge < -0.3 is 0 Å². The molecule has 14 heavy (non-hydrogen) atoms. The van der Waals surface area contributed by atoms with Crippen LogP contribution in [0.5, 0.6) is 0 Å². The van der Waals surface area contributed by atoms with E-state index in [0.717, 1.165) is 6.42 Å². The first-order chi connectivity index (χ1) is 6.77. The first-order valence-corrected chi connectivity index (χ1v) is 6.23. The Morgan fingerprint density at radius 3 is 2.86 bits per heavy atom. The highest BCUT2D eigenvalue weighted by atomic mass is 35.5. The molecule has 2 rings (SSSR count). The van der Waals surface area contributed by atoms with Crippen molar-refractivity contribution in [2.24, 2.45) is 0 Å². The fraction of sp³-hybridized carbons (Fsp3) is 0.333. The van der Waals surface area contributed by atoms with Crippen LogP contribution in [0, 0.1) is 6.92 Å². The number of alkyl halides is 1. The molecule has 0 aliphatic rings. The average molecular weight is 225 g/mol. The third-order valence-corrected chi connectivity index (χ3v) is 3.92. The largest absolute Gasteiger partial charge is 0.143 e. The lowest BCUT2D eigenvalue weighted by Crippen LogP contribution is -1.90. The van der Waals surface area contributed by atoms with Gasteiger partial charge in [-0.05, 0) is 46.9 Å². The maximum Gasteiger partial charge on any atom is 0.0488 e. The summed E-state index contributed by atoms with van der Waals surface area (Å²) in [6.45, 7) is 4.38. The van der Waals surface area contributed by atoms with Crippen LogP contribution in [0.2, 0.25) is 0 Å². The number of thiophene rings is 1. The Morgan fingerprint density at radius 2 is 2.21 bits per heavy atom. The number of hydrogen-bond acceptors (Lipinski definition) is 1. The summed E-state index contributed by atoms with van der Waals surface area (Å²) in [4.78, 5) is 0. The van der Waals surface area contributed by atoms with E-state index in [9.17, 15) is 0 Å². The zero-order valence-electron chi connectivity index (χ0n) is 8.43. The Morgan fingerprint density at radius 1 is 1.43 bits per heavy atom. The molecule has 2 aromatic rings. The maximum absolute atomic E-state index is 5.94. The number of rotatable bonds is 2. The van der Waals surface area contributed by atoms with Crippen LogP contribution < -0.4 is 0 Å². The van der Waals surface area contributed by atoms with Crippen molar-refractivity contribution < 1.29 is 0 Å². The lowest BCUT2D eigenvalue weighted by atomic mass is 9.99. The summed E-state index contributed by atoms with van der Waals surface area (Å²) in [7, 11) is 0. The van der Waals surface area contributed by atoms with Gasteiger partial charge in [-0.3, -0.25) is 0 Å². The van der Waals surface area contributed by atoms with E-state index in [1.165, 1.54) is 26.8 Å². The predicted molar refractivity (Wildman–Crippen MR) is 65.5 cm³/mol. The van der Waals surface area contributed by atoms with Gasteiger partial charge in [-0.1, -0.05) is 13.0 Å². The summed E-state index contributed by atoms with van der Waals surface area (Å²) in [6.07, 6.45) is 1.10. The van der Waals surface area contributed by atoms with Gasteiger partial charge in [0, 0.05) is 10.6 Å². The third kappa shape index (κ3) is 1.45. The van der Waals surface area contributed by atoms with Gasteiger partial charge in [-0.25, -0.2) is 0 Å². The molecule has 0 nitrogen and oxygen atoms in total. The highest BCUT2D eigenvalue weighted by Gasteiger charge is 2.08. The minimum atomic E-state index is 0.613. The van der Waals surface area contributed by atoms with Crippen LogP contribution in [0.25, 0.3) is 10.1 Å². The fourth-order valence-electron chi connectivity index (χ4n) is 1.99. The van der Waals surface area contributed by atoms with Crippen LogP contribution in [0.4, 0.5) is 0 Å². The molecule has 0 fully saturated rings. The zero-order chi connectivity index (χ0) is 10.1. The molecule has 0 spiro atoms. The Bertz CT molecular complexity index is 457. The minimum Gasteiger partial charge on any atom is -0.143 e. The molecule has 0 saturated heterocycles. The van der Waals surface area contributed by atoms with E-state index in [1.54, 1.807) is 11.3 Å². The van der Waals surface area contributed by atoms with Gasteiger partial charge in [0.1, 0.15) is 0 Å². The minimum absolute atomic E-state index is 0.613. The Hall–Kier alpha value is -0.530. The molecule has 0 radical (unpaired) electrons. The molecular weight excluding hydrogens is 212 g/mol. The van der Waals surface area contributed by atoms with Crippen molar-refractivity contribution in [3.8, 4) is 0 Å². The molecule has 74 valence electrons. The summed E-state index contributed by atoms with van der Waals surface area (Å²) in [6, 6.07) is 4.44. The van der Waals surface area contributed by atoms with Crippen LogP contribution in [0.1, 0.15) is 23.6 Å².